The normalized spacial score (nSPS) is 20.9. The molecule has 2 heterocycles. The van der Waals surface area contributed by atoms with Gasteiger partial charge in [0.1, 0.15) is 11.3 Å². The van der Waals surface area contributed by atoms with Crippen molar-refractivity contribution in [3.8, 4) is 0 Å². The Kier molecular flexibility index (Phi) is 7.08. The highest BCUT2D eigenvalue weighted by Crippen LogP contribution is 2.25. The third-order valence-corrected chi connectivity index (χ3v) is 6.54. The highest BCUT2D eigenvalue weighted by atomic mass is 15.6. The van der Waals surface area contributed by atoms with Crippen LogP contribution in [0.25, 0.3) is 0 Å². The molecule has 174 valence electrons. The molecule has 1 fully saturated rings. The fraction of sp³-hybridized carbons (Fsp3) is 0.423. The van der Waals surface area contributed by atoms with E-state index in [-0.39, 0.29) is 0 Å². The number of anilines is 1. The van der Waals surface area contributed by atoms with Crippen LogP contribution in [0.3, 0.4) is 0 Å². The van der Waals surface area contributed by atoms with Crippen LogP contribution in [0.2, 0.25) is 0 Å². The predicted octanol–water partition coefficient (Wildman–Crippen LogP) is 4.19. The number of hydrazine groups is 1. The Bertz CT molecular complexity index is 1120. The Hall–Kier alpha value is -3.19. The maximum absolute atomic E-state index is 8.09. The summed E-state index contributed by atoms with van der Waals surface area (Å²) < 4.78 is 1.92. The van der Waals surface area contributed by atoms with E-state index >= 15 is 0 Å². The first-order valence-corrected chi connectivity index (χ1v) is 11.8. The van der Waals surface area contributed by atoms with Gasteiger partial charge in [-0.1, -0.05) is 50.3 Å². The Morgan fingerprint density at radius 2 is 2.24 bits per heavy atom. The smallest absolute Gasteiger partial charge is 0.155 e. The third-order valence-electron chi connectivity index (χ3n) is 6.54. The van der Waals surface area contributed by atoms with Gasteiger partial charge < -0.3 is 20.3 Å². The fourth-order valence-electron chi connectivity index (χ4n) is 4.46. The van der Waals surface area contributed by atoms with Crippen molar-refractivity contribution >= 4 is 12.0 Å². The molecular formula is C26H35N7. The lowest BCUT2D eigenvalue weighted by atomic mass is 9.95. The first-order valence-electron chi connectivity index (χ1n) is 11.8. The second-order valence-electron chi connectivity index (χ2n) is 8.88. The molecule has 0 aromatic carbocycles. The molecule has 1 atom stereocenters. The van der Waals surface area contributed by atoms with E-state index in [1.54, 1.807) is 0 Å². The minimum Gasteiger partial charge on any atom is -0.356 e. The predicted molar refractivity (Wildman–Crippen MR) is 135 cm³/mol. The first kappa shape index (κ1) is 23.0. The average Bonchev–Trinajstić information content (AvgIpc) is 3.51. The molecular weight excluding hydrogens is 410 g/mol. The van der Waals surface area contributed by atoms with E-state index in [9.17, 15) is 0 Å². The van der Waals surface area contributed by atoms with E-state index in [2.05, 4.69) is 53.1 Å². The standard InChI is InChI=1S/C26H35N7/c1-5-8-21-11-13-23(14-12-21)32-15-16-33(18-32)30-25-24(17-27)26(31(4)20(3)29-25)28-19(2)22-9-6-7-10-22/h6-7,9,11,13-14,17,21,27,30H,2,5,8,10,12,15-16,18H2,1,3-4H3. The molecule has 0 bridgehead atoms. The molecule has 1 aromatic rings. The van der Waals surface area contributed by atoms with Gasteiger partial charge >= 0.3 is 0 Å². The molecule has 1 saturated heterocycles. The largest absolute Gasteiger partial charge is 0.356 e. The molecule has 2 aliphatic carbocycles. The van der Waals surface area contributed by atoms with Gasteiger partial charge in [0.25, 0.3) is 0 Å². The van der Waals surface area contributed by atoms with Crippen molar-refractivity contribution < 1.29 is 0 Å². The number of nitrogens with zero attached hydrogens (tertiary/aromatic N) is 5. The minimum absolute atomic E-state index is 0.656. The Morgan fingerprint density at radius 3 is 2.91 bits per heavy atom. The second kappa shape index (κ2) is 10.2. The molecule has 33 heavy (non-hydrogen) atoms. The fourth-order valence-corrected chi connectivity index (χ4v) is 4.46. The van der Waals surface area contributed by atoms with Crippen LogP contribution in [0.4, 0.5) is 5.82 Å². The SMILES string of the molecule is C=C(N=c1c(C=N)c(NN2CCN(C3=CCC(CCC)C=C3)C2)nc(C)n1C)C1=CC=CC1. The van der Waals surface area contributed by atoms with Crippen LogP contribution in [0.1, 0.15) is 44.0 Å². The maximum Gasteiger partial charge on any atom is 0.155 e. The number of hydrogen-bond acceptors (Lipinski definition) is 6. The molecule has 0 saturated carbocycles. The van der Waals surface area contributed by atoms with Crippen molar-refractivity contribution in [3.05, 3.63) is 76.9 Å². The highest BCUT2D eigenvalue weighted by molar-refractivity contribution is 5.83. The van der Waals surface area contributed by atoms with Crippen LogP contribution in [0, 0.1) is 18.3 Å². The maximum atomic E-state index is 8.09. The van der Waals surface area contributed by atoms with Crippen molar-refractivity contribution in [1.29, 1.82) is 5.41 Å². The molecule has 0 spiro atoms. The summed E-state index contributed by atoms with van der Waals surface area (Å²) in [6.07, 6.45) is 18.9. The number of hydrogen-bond donors (Lipinski definition) is 2. The Balaban J connectivity index is 1.52. The van der Waals surface area contributed by atoms with Crippen LogP contribution < -0.4 is 10.9 Å². The molecule has 3 aliphatic rings. The molecule has 1 aromatic heterocycles. The van der Waals surface area contributed by atoms with Gasteiger partial charge in [-0.2, -0.15) is 0 Å². The van der Waals surface area contributed by atoms with Gasteiger partial charge in [0.15, 0.2) is 5.82 Å². The lowest BCUT2D eigenvalue weighted by Gasteiger charge is -2.25. The number of aryl methyl sites for hydroxylation is 1. The number of rotatable bonds is 8. The van der Waals surface area contributed by atoms with Crippen LogP contribution in [0.15, 0.2) is 65.0 Å². The minimum atomic E-state index is 0.656. The average molecular weight is 446 g/mol. The quantitative estimate of drug-likeness (QED) is 0.589. The van der Waals surface area contributed by atoms with Gasteiger partial charge in [-0.05, 0) is 43.8 Å². The van der Waals surface area contributed by atoms with Crippen molar-refractivity contribution in [1.82, 2.24) is 19.5 Å². The van der Waals surface area contributed by atoms with Gasteiger partial charge in [0.2, 0.25) is 0 Å². The highest BCUT2D eigenvalue weighted by Gasteiger charge is 2.24. The summed E-state index contributed by atoms with van der Waals surface area (Å²) >= 11 is 0. The van der Waals surface area contributed by atoms with Gasteiger partial charge in [-0.25, -0.2) is 15.0 Å². The topological polar surface area (TPSA) is 72.5 Å². The van der Waals surface area contributed by atoms with Crippen LogP contribution >= 0.6 is 0 Å². The number of nitrogens with one attached hydrogen (secondary N) is 2. The van der Waals surface area contributed by atoms with E-state index in [1.807, 2.05) is 30.7 Å². The zero-order valence-electron chi connectivity index (χ0n) is 20.0. The zero-order valence-corrected chi connectivity index (χ0v) is 20.0. The van der Waals surface area contributed by atoms with Crippen LogP contribution in [0.5, 0.6) is 0 Å². The summed E-state index contributed by atoms with van der Waals surface area (Å²) in [5.74, 6) is 2.16. The Labute approximate surface area is 196 Å². The lowest BCUT2D eigenvalue weighted by Crippen LogP contribution is -2.34. The number of allylic oxidation sites excluding steroid dienone is 7. The van der Waals surface area contributed by atoms with Crippen molar-refractivity contribution in [2.24, 2.45) is 18.0 Å². The summed E-state index contributed by atoms with van der Waals surface area (Å²) in [6, 6.07) is 0. The van der Waals surface area contributed by atoms with E-state index in [4.69, 9.17) is 15.4 Å². The van der Waals surface area contributed by atoms with Crippen LogP contribution in [-0.4, -0.2) is 45.4 Å². The molecule has 7 heteroatoms. The summed E-state index contributed by atoms with van der Waals surface area (Å²) in [5, 5.41) is 10.2. The van der Waals surface area contributed by atoms with Gasteiger partial charge in [0.05, 0.1) is 17.9 Å². The zero-order chi connectivity index (χ0) is 23.4. The first-order chi connectivity index (χ1) is 16.0. The molecule has 1 unspecified atom stereocenters. The van der Waals surface area contributed by atoms with Crippen molar-refractivity contribution in [2.75, 3.05) is 25.2 Å². The summed E-state index contributed by atoms with van der Waals surface area (Å²) in [6.45, 7) is 11.0. The number of aromatic nitrogens is 2. The van der Waals surface area contributed by atoms with Gasteiger partial charge in [-0.15, -0.1) is 0 Å². The molecule has 0 radical (unpaired) electrons. The van der Waals surface area contributed by atoms with E-state index < -0.39 is 0 Å². The van der Waals surface area contributed by atoms with Gasteiger partial charge in [0, 0.05) is 32.0 Å². The summed E-state index contributed by atoms with van der Waals surface area (Å²) in [4.78, 5) is 11.9. The molecule has 7 nitrogen and oxygen atoms in total. The monoisotopic (exact) mass is 445 g/mol. The Morgan fingerprint density at radius 1 is 1.39 bits per heavy atom. The van der Waals surface area contributed by atoms with E-state index in [0.29, 0.717) is 22.8 Å². The third kappa shape index (κ3) is 5.09. The molecule has 1 aliphatic heterocycles. The van der Waals surface area contributed by atoms with Gasteiger partial charge in [-0.3, -0.25) is 0 Å². The molecule has 4 rings (SSSR count). The summed E-state index contributed by atoms with van der Waals surface area (Å²) in [5.41, 5.74) is 7.93. The van der Waals surface area contributed by atoms with Crippen molar-refractivity contribution in [3.63, 3.8) is 0 Å². The molecule has 0 amide bonds. The van der Waals surface area contributed by atoms with Crippen molar-refractivity contribution in [2.45, 2.75) is 39.5 Å². The van der Waals surface area contributed by atoms with E-state index in [1.165, 1.54) is 24.8 Å². The van der Waals surface area contributed by atoms with E-state index in [0.717, 1.165) is 49.7 Å². The second-order valence-corrected chi connectivity index (χ2v) is 8.88. The summed E-state index contributed by atoms with van der Waals surface area (Å²) in [7, 11) is 1.93. The molecule has 2 N–H and O–H groups in total. The lowest BCUT2D eigenvalue weighted by molar-refractivity contribution is 0.322. The van der Waals surface area contributed by atoms with Crippen LogP contribution in [-0.2, 0) is 7.05 Å².